The van der Waals surface area contributed by atoms with Crippen LogP contribution in [0, 0.1) is 0 Å². The Morgan fingerprint density at radius 1 is 0.463 bits per heavy atom. The van der Waals surface area contributed by atoms with Crippen LogP contribution in [0.4, 0.5) is 0 Å². The molecule has 0 fully saturated rings. The Hall–Kier alpha value is -6.84. The van der Waals surface area contributed by atoms with Crippen LogP contribution >= 0.6 is 0 Å². The van der Waals surface area contributed by atoms with Gasteiger partial charge in [-0.1, -0.05) is 194 Å². The minimum absolute atomic E-state index is 0.398. The number of allylic oxidation sites excluding steroid dienone is 2. The molecule has 1 heterocycles. The number of rotatable bonds is 8. The molecular formula is C51H39N3. The Labute approximate surface area is 317 Å². The lowest BCUT2D eigenvalue weighted by Crippen LogP contribution is -2.36. The van der Waals surface area contributed by atoms with Crippen molar-refractivity contribution in [3.05, 3.63) is 239 Å². The average molecular weight is 694 g/mol. The van der Waals surface area contributed by atoms with Crippen LogP contribution in [-0.2, 0) is 0 Å². The van der Waals surface area contributed by atoms with E-state index < -0.39 is 6.17 Å². The van der Waals surface area contributed by atoms with Gasteiger partial charge < -0.3 is 5.32 Å². The summed E-state index contributed by atoms with van der Waals surface area (Å²) >= 11 is 0. The number of hydrogen-bond acceptors (Lipinski definition) is 3. The van der Waals surface area contributed by atoms with Crippen LogP contribution < -0.4 is 5.32 Å². The highest BCUT2D eigenvalue weighted by molar-refractivity contribution is 6.17. The summed E-state index contributed by atoms with van der Waals surface area (Å²) in [4.78, 5) is 10.5. The largest absolute Gasteiger partial charge is 0.324 e. The maximum atomic E-state index is 5.24. The molecule has 0 bridgehead atoms. The molecule has 2 aliphatic rings. The topological polar surface area (TPSA) is 36.8 Å². The number of nitrogens with zero attached hydrogens (tertiary/aromatic N) is 2. The Kier molecular flexibility index (Phi) is 9.19. The predicted octanol–water partition coefficient (Wildman–Crippen LogP) is 12.2. The summed E-state index contributed by atoms with van der Waals surface area (Å²) < 4.78 is 0. The van der Waals surface area contributed by atoms with Crippen molar-refractivity contribution in [2.45, 2.75) is 19.0 Å². The molecule has 7 aromatic rings. The highest BCUT2D eigenvalue weighted by atomic mass is 15.2. The lowest BCUT2D eigenvalue weighted by molar-refractivity contribution is 0.762. The summed E-state index contributed by atoms with van der Waals surface area (Å²) in [5, 5.41) is 5.88. The predicted molar refractivity (Wildman–Crippen MR) is 226 cm³/mol. The maximum Gasteiger partial charge on any atom is 0.170 e. The first kappa shape index (κ1) is 33.0. The molecule has 0 spiro atoms. The summed E-state index contributed by atoms with van der Waals surface area (Å²) in [6, 6.07) is 64.8. The third-order valence-corrected chi connectivity index (χ3v) is 10.2. The van der Waals surface area contributed by atoms with Gasteiger partial charge in [-0.25, -0.2) is 9.98 Å². The molecule has 0 aromatic heterocycles. The first-order valence-electron chi connectivity index (χ1n) is 18.7. The number of benzene rings is 7. The highest BCUT2D eigenvalue weighted by Gasteiger charge is 2.24. The van der Waals surface area contributed by atoms with Gasteiger partial charge in [-0.2, -0.15) is 0 Å². The molecule has 258 valence electrons. The van der Waals surface area contributed by atoms with Crippen molar-refractivity contribution in [3.8, 4) is 11.1 Å². The smallest absolute Gasteiger partial charge is 0.170 e. The van der Waals surface area contributed by atoms with Crippen LogP contribution in [0.3, 0.4) is 0 Å². The van der Waals surface area contributed by atoms with E-state index >= 15 is 0 Å². The van der Waals surface area contributed by atoms with Crippen LogP contribution in [-0.4, -0.2) is 11.7 Å². The summed E-state index contributed by atoms with van der Waals surface area (Å²) in [7, 11) is 0. The zero-order valence-corrected chi connectivity index (χ0v) is 29.9. The molecule has 0 radical (unpaired) electrons. The SMILES string of the molecule is C1=CC(C2=NC(c3ccc(-c4cccc(C(=C(c5ccccc5)c5ccccc5)c5ccccc5)c4)c4ccccc34)N=C(c3ccccc3)N2)=CCC1. The van der Waals surface area contributed by atoms with E-state index in [0.29, 0.717) is 0 Å². The van der Waals surface area contributed by atoms with Gasteiger partial charge in [0.2, 0.25) is 0 Å². The van der Waals surface area contributed by atoms with E-state index in [-0.39, 0.29) is 0 Å². The quantitative estimate of drug-likeness (QED) is 0.158. The second-order valence-corrected chi connectivity index (χ2v) is 13.6. The number of hydrogen-bond donors (Lipinski definition) is 1. The van der Waals surface area contributed by atoms with Gasteiger partial charge in [0, 0.05) is 16.7 Å². The average Bonchev–Trinajstić information content (AvgIpc) is 3.26. The van der Waals surface area contributed by atoms with E-state index in [2.05, 4.69) is 199 Å². The van der Waals surface area contributed by atoms with Crippen molar-refractivity contribution in [3.63, 3.8) is 0 Å². The maximum absolute atomic E-state index is 5.24. The summed E-state index contributed by atoms with van der Waals surface area (Å²) in [5.74, 6) is 1.69. The molecule has 0 saturated carbocycles. The first-order chi connectivity index (χ1) is 26.8. The molecule has 7 aromatic carbocycles. The van der Waals surface area contributed by atoms with Crippen LogP contribution in [0.25, 0.3) is 33.0 Å². The summed E-state index contributed by atoms with van der Waals surface area (Å²) in [6.07, 6.45) is 8.32. The second-order valence-electron chi connectivity index (χ2n) is 13.6. The summed E-state index contributed by atoms with van der Waals surface area (Å²) in [5.41, 5.74) is 12.7. The Bertz CT molecular complexity index is 2560. The van der Waals surface area contributed by atoms with Gasteiger partial charge in [0.25, 0.3) is 0 Å². The van der Waals surface area contributed by atoms with Crippen molar-refractivity contribution in [2.75, 3.05) is 0 Å². The molecule has 54 heavy (non-hydrogen) atoms. The van der Waals surface area contributed by atoms with Crippen LogP contribution in [0.5, 0.6) is 0 Å². The highest BCUT2D eigenvalue weighted by Crippen LogP contribution is 2.40. The summed E-state index contributed by atoms with van der Waals surface area (Å²) in [6.45, 7) is 0. The fourth-order valence-corrected chi connectivity index (χ4v) is 7.63. The van der Waals surface area contributed by atoms with E-state index in [4.69, 9.17) is 9.98 Å². The van der Waals surface area contributed by atoms with Gasteiger partial charge in [-0.05, 0) is 74.2 Å². The fraction of sp³-hybridized carbons (Fsp3) is 0.0588. The molecule has 3 nitrogen and oxygen atoms in total. The molecule has 1 aliphatic carbocycles. The third-order valence-electron chi connectivity index (χ3n) is 10.2. The molecule has 1 aliphatic heterocycles. The van der Waals surface area contributed by atoms with E-state index in [9.17, 15) is 0 Å². The Morgan fingerprint density at radius 2 is 1.00 bits per heavy atom. The Balaban J connectivity index is 1.20. The molecular weight excluding hydrogens is 655 g/mol. The Morgan fingerprint density at radius 3 is 1.63 bits per heavy atom. The molecule has 0 amide bonds. The van der Waals surface area contributed by atoms with Crippen molar-refractivity contribution in [2.24, 2.45) is 9.98 Å². The standard InChI is InChI=1S/C51H39N3/c1-6-19-36(20-7-1)47(37-21-8-2-9-22-37)48(38-23-10-3-11-24-38)42-30-18-29-41(35-42)43-33-34-46(45-32-17-16-31-44(43)45)51-53-49(39-25-12-4-13-26-39)52-50(54-51)40-27-14-5-15-28-40/h1-4,6-14,16-35,51H,5,15H2,(H,52,53,54). The minimum Gasteiger partial charge on any atom is -0.324 e. The lowest BCUT2D eigenvalue weighted by atomic mass is 9.84. The molecule has 1 unspecified atom stereocenters. The first-order valence-corrected chi connectivity index (χ1v) is 18.7. The molecule has 0 saturated heterocycles. The number of amidine groups is 2. The lowest BCUT2D eigenvalue weighted by Gasteiger charge is -2.24. The van der Waals surface area contributed by atoms with E-state index in [1.165, 1.54) is 38.8 Å². The number of nitrogens with one attached hydrogen (secondary N) is 1. The molecule has 9 rings (SSSR count). The normalized spacial score (nSPS) is 15.1. The van der Waals surface area contributed by atoms with Crippen molar-refractivity contribution >= 4 is 33.6 Å². The van der Waals surface area contributed by atoms with Gasteiger partial charge in [0.15, 0.2) is 6.17 Å². The van der Waals surface area contributed by atoms with Crippen LogP contribution in [0.2, 0.25) is 0 Å². The van der Waals surface area contributed by atoms with E-state index in [1.807, 2.05) is 6.07 Å². The van der Waals surface area contributed by atoms with E-state index in [1.54, 1.807) is 0 Å². The number of aliphatic imine (C=N–C) groups is 2. The molecule has 1 atom stereocenters. The van der Waals surface area contributed by atoms with Gasteiger partial charge in [-0.3, -0.25) is 0 Å². The van der Waals surface area contributed by atoms with Crippen LogP contribution in [0.15, 0.2) is 216 Å². The second kappa shape index (κ2) is 15.0. The molecule has 3 heteroatoms. The minimum atomic E-state index is -0.398. The van der Waals surface area contributed by atoms with Crippen LogP contribution in [0.1, 0.15) is 52.4 Å². The van der Waals surface area contributed by atoms with E-state index in [0.717, 1.165) is 57.7 Å². The van der Waals surface area contributed by atoms with Crippen molar-refractivity contribution in [1.29, 1.82) is 0 Å². The van der Waals surface area contributed by atoms with Crippen molar-refractivity contribution in [1.82, 2.24) is 5.32 Å². The zero-order valence-electron chi connectivity index (χ0n) is 29.9. The monoisotopic (exact) mass is 693 g/mol. The van der Waals surface area contributed by atoms with Crippen molar-refractivity contribution < 1.29 is 0 Å². The van der Waals surface area contributed by atoms with Gasteiger partial charge in [0.05, 0.1) is 0 Å². The fourth-order valence-electron chi connectivity index (χ4n) is 7.63. The third kappa shape index (κ3) is 6.64. The van der Waals surface area contributed by atoms with Gasteiger partial charge in [0.1, 0.15) is 11.7 Å². The van der Waals surface area contributed by atoms with Gasteiger partial charge >= 0.3 is 0 Å². The number of fused-ring (bicyclic) bond motifs is 1. The molecule has 1 N–H and O–H groups in total. The van der Waals surface area contributed by atoms with Gasteiger partial charge in [-0.15, -0.1) is 0 Å². The zero-order chi connectivity index (χ0) is 36.1.